The fourth-order valence-electron chi connectivity index (χ4n) is 5.85. The zero-order valence-corrected chi connectivity index (χ0v) is 25.5. The highest BCUT2D eigenvalue weighted by atomic mass is 16.5. The number of carbonyl (C=O) groups excluding carboxylic acids is 2. The van der Waals surface area contributed by atoms with Crippen molar-refractivity contribution in [1.82, 2.24) is 10.6 Å². The molecule has 0 bridgehead atoms. The van der Waals surface area contributed by atoms with Crippen molar-refractivity contribution in [2.24, 2.45) is 0 Å². The normalized spacial score (nSPS) is 12.4. The Morgan fingerprint density at radius 2 is 1.21 bits per heavy atom. The predicted octanol–water partition coefficient (Wildman–Crippen LogP) is 6.51. The average molecular weight is 627 g/mol. The molecule has 0 aromatic heterocycles. The third-order valence-electron chi connectivity index (χ3n) is 8.18. The van der Waals surface area contributed by atoms with Gasteiger partial charge < -0.3 is 25.2 Å². The second-order valence-electron chi connectivity index (χ2n) is 11.3. The largest absolute Gasteiger partial charge is 0.481 e. The third kappa shape index (κ3) is 7.50. The Balaban J connectivity index is 1.00. The van der Waals surface area contributed by atoms with Crippen LogP contribution in [0.3, 0.4) is 0 Å². The molecule has 0 unspecified atom stereocenters. The number of amides is 2. The first kappa shape index (κ1) is 31.1. The zero-order chi connectivity index (χ0) is 32.6. The summed E-state index contributed by atoms with van der Waals surface area (Å²) in [5.74, 6) is -1.18. The zero-order valence-electron chi connectivity index (χ0n) is 25.5. The van der Waals surface area contributed by atoms with E-state index in [1.165, 1.54) is 0 Å². The van der Waals surface area contributed by atoms with E-state index >= 15 is 0 Å². The summed E-state index contributed by atoms with van der Waals surface area (Å²) < 4.78 is 11.8. The SMILES string of the molecule is O=C(Cc1ccc(OC(c2ccccc2)c2ccccc2)cc1)NC[C@H](NC(=O)OCC1c2ccccc2-c2ccccc21)C(=O)O. The molecule has 1 aliphatic carbocycles. The molecule has 8 heteroatoms. The number of carboxylic acid groups (broad SMARTS) is 1. The molecule has 3 N–H and O–H groups in total. The lowest BCUT2D eigenvalue weighted by molar-refractivity contribution is -0.139. The summed E-state index contributed by atoms with van der Waals surface area (Å²) in [5.41, 5.74) is 7.04. The van der Waals surface area contributed by atoms with Gasteiger partial charge in [0, 0.05) is 12.5 Å². The van der Waals surface area contributed by atoms with Crippen molar-refractivity contribution in [3.8, 4) is 16.9 Å². The Kier molecular flexibility index (Phi) is 9.58. The van der Waals surface area contributed by atoms with Crippen molar-refractivity contribution in [3.63, 3.8) is 0 Å². The third-order valence-corrected chi connectivity index (χ3v) is 8.18. The van der Waals surface area contributed by atoms with E-state index in [9.17, 15) is 19.5 Å². The van der Waals surface area contributed by atoms with E-state index < -0.39 is 18.1 Å². The number of hydrogen-bond acceptors (Lipinski definition) is 5. The molecule has 5 aromatic carbocycles. The van der Waals surface area contributed by atoms with Crippen LogP contribution in [-0.4, -0.2) is 42.3 Å². The van der Waals surface area contributed by atoms with Gasteiger partial charge in [0.1, 0.15) is 24.5 Å². The number of hydrogen-bond donors (Lipinski definition) is 3. The molecule has 0 spiro atoms. The van der Waals surface area contributed by atoms with E-state index in [0.717, 1.165) is 38.9 Å². The fraction of sp³-hybridized carbons (Fsp3) is 0.154. The number of carbonyl (C=O) groups is 3. The summed E-state index contributed by atoms with van der Waals surface area (Å²) in [5, 5.41) is 14.7. The lowest BCUT2D eigenvalue weighted by Crippen LogP contribution is -2.49. The number of alkyl carbamates (subject to hydrolysis) is 1. The second kappa shape index (κ2) is 14.5. The van der Waals surface area contributed by atoms with Crippen LogP contribution in [0.15, 0.2) is 133 Å². The van der Waals surface area contributed by atoms with Gasteiger partial charge in [0.05, 0.1) is 6.42 Å². The fourth-order valence-corrected chi connectivity index (χ4v) is 5.85. The number of rotatable bonds is 12. The summed E-state index contributed by atoms with van der Waals surface area (Å²) in [6.07, 6.45) is -1.14. The minimum absolute atomic E-state index is 0.0262. The monoisotopic (exact) mass is 626 g/mol. The van der Waals surface area contributed by atoms with Crippen molar-refractivity contribution in [2.45, 2.75) is 24.5 Å². The Morgan fingerprint density at radius 3 is 1.77 bits per heavy atom. The standard InChI is InChI=1S/C39H34N2O6/c42-36(23-26-19-21-29(22-20-26)47-37(27-11-3-1-4-12-27)28-13-5-2-6-14-28)40-24-35(38(43)44)41-39(45)46-25-34-32-17-9-7-15-30(32)31-16-8-10-18-33(31)34/h1-22,34-35,37H,23-25H2,(H,40,42)(H,41,45)(H,43,44)/t35-/m0/s1. The minimum atomic E-state index is -1.36. The van der Waals surface area contributed by atoms with Crippen LogP contribution in [0.5, 0.6) is 5.75 Å². The Hall–Kier alpha value is -5.89. The van der Waals surface area contributed by atoms with Gasteiger partial charge in [-0.3, -0.25) is 4.79 Å². The van der Waals surface area contributed by atoms with Crippen molar-refractivity contribution in [3.05, 3.63) is 161 Å². The molecular formula is C39H34N2O6. The Bertz CT molecular complexity index is 1760. The predicted molar refractivity (Wildman–Crippen MR) is 178 cm³/mol. The summed E-state index contributed by atoms with van der Waals surface area (Å²) in [4.78, 5) is 37.2. The van der Waals surface area contributed by atoms with Crippen LogP contribution in [0.1, 0.15) is 39.8 Å². The molecule has 0 aliphatic heterocycles. The maximum atomic E-state index is 12.7. The smallest absolute Gasteiger partial charge is 0.407 e. The quantitative estimate of drug-likeness (QED) is 0.146. The van der Waals surface area contributed by atoms with Crippen LogP contribution in [0.4, 0.5) is 4.79 Å². The number of aliphatic carboxylic acids is 1. The number of fused-ring (bicyclic) bond motifs is 3. The number of carboxylic acids is 1. The maximum Gasteiger partial charge on any atom is 0.407 e. The van der Waals surface area contributed by atoms with Gasteiger partial charge in [-0.1, -0.05) is 121 Å². The van der Waals surface area contributed by atoms with Crippen molar-refractivity contribution < 1.29 is 29.0 Å². The molecule has 8 nitrogen and oxygen atoms in total. The van der Waals surface area contributed by atoms with Crippen LogP contribution in [0, 0.1) is 0 Å². The molecule has 0 heterocycles. The summed E-state index contributed by atoms with van der Waals surface area (Å²) in [6.45, 7) is -0.245. The lowest BCUT2D eigenvalue weighted by atomic mass is 9.98. The number of benzene rings is 5. The van der Waals surface area contributed by atoms with Gasteiger partial charge in [0.25, 0.3) is 0 Å². The molecule has 47 heavy (non-hydrogen) atoms. The highest BCUT2D eigenvalue weighted by molar-refractivity contribution is 5.83. The summed E-state index contributed by atoms with van der Waals surface area (Å²) in [6, 6.07) is 41.6. The molecule has 1 atom stereocenters. The molecule has 0 saturated carbocycles. The van der Waals surface area contributed by atoms with E-state index in [4.69, 9.17) is 9.47 Å². The van der Waals surface area contributed by atoms with Crippen LogP contribution >= 0.6 is 0 Å². The van der Waals surface area contributed by atoms with Crippen molar-refractivity contribution in [1.29, 1.82) is 0 Å². The first-order valence-electron chi connectivity index (χ1n) is 15.4. The number of ether oxygens (including phenoxy) is 2. The van der Waals surface area contributed by atoms with Gasteiger partial charge in [0.15, 0.2) is 0 Å². The highest BCUT2D eigenvalue weighted by Crippen LogP contribution is 2.44. The first-order valence-corrected chi connectivity index (χ1v) is 15.4. The molecule has 0 fully saturated rings. The Labute approximate surface area is 273 Å². The maximum absolute atomic E-state index is 12.7. The second-order valence-corrected chi connectivity index (χ2v) is 11.3. The van der Waals surface area contributed by atoms with Gasteiger partial charge in [-0.15, -0.1) is 0 Å². The number of nitrogens with one attached hydrogen (secondary N) is 2. The van der Waals surface area contributed by atoms with Crippen LogP contribution in [0.2, 0.25) is 0 Å². The lowest BCUT2D eigenvalue weighted by Gasteiger charge is -2.20. The molecule has 2 amide bonds. The summed E-state index contributed by atoms with van der Waals surface area (Å²) >= 11 is 0. The van der Waals surface area contributed by atoms with Gasteiger partial charge in [-0.05, 0) is 51.1 Å². The molecule has 1 aliphatic rings. The van der Waals surface area contributed by atoms with E-state index in [2.05, 4.69) is 10.6 Å². The van der Waals surface area contributed by atoms with E-state index in [0.29, 0.717) is 5.75 Å². The summed E-state index contributed by atoms with van der Waals surface area (Å²) in [7, 11) is 0. The minimum Gasteiger partial charge on any atom is -0.481 e. The molecule has 6 rings (SSSR count). The van der Waals surface area contributed by atoms with Crippen molar-refractivity contribution >= 4 is 18.0 Å². The highest BCUT2D eigenvalue weighted by Gasteiger charge is 2.30. The van der Waals surface area contributed by atoms with Crippen LogP contribution < -0.4 is 15.4 Å². The van der Waals surface area contributed by atoms with Crippen molar-refractivity contribution in [2.75, 3.05) is 13.2 Å². The molecule has 5 aromatic rings. The molecular weight excluding hydrogens is 592 g/mol. The molecule has 236 valence electrons. The van der Waals surface area contributed by atoms with Gasteiger partial charge in [-0.2, -0.15) is 0 Å². The van der Waals surface area contributed by atoms with Gasteiger partial charge >= 0.3 is 12.1 Å². The van der Waals surface area contributed by atoms with Crippen LogP contribution in [-0.2, 0) is 20.7 Å². The topological polar surface area (TPSA) is 114 Å². The van der Waals surface area contributed by atoms with Gasteiger partial charge in [-0.25, -0.2) is 9.59 Å². The molecule has 0 radical (unpaired) electrons. The van der Waals surface area contributed by atoms with E-state index in [1.807, 2.05) is 109 Å². The Morgan fingerprint density at radius 1 is 0.681 bits per heavy atom. The first-order chi connectivity index (χ1) is 23.0. The van der Waals surface area contributed by atoms with E-state index in [-0.39, 0.29) is 37.5 Å². The van der Waals surface area contributed by atoms with Crippen LogP contribution in [0.25, 0.3) is 11.1 Å². The van der Waals surface area contributed by atoms with Gasteiger partial charge in [0.2, 0.25) is 5.91 Å². The average Bonchev–Trinajstić information content (AvgIpc) is 3.43. The van der Waals surface area contributed by atoms with E-state index in [1.54, 1.807) is 24.3 Å². The molecule has 0 saturated heterocycles.